The maximum Gasteiger partial charge on any atom is 0.166 e. The van der Waals surface area contributed by atoms with Crippen molar-refractivity contribution in [2.75, 3.05) is 0 Å². The van der Waals surface area contributed by atoms with Gasteiger partial charge in [0, 0.05) is 23.0 Å². The summed E-state index contributed by atoms with van der Waals surface area (Å²) in [6, 6.07) is 6.96. The maximum atomic E-state index is 9.20. The highest BCUT2D eigenvalue weighted by Crippen LogP contribution is 2.26. The van der Waals surface area contributed by atoms with E-state index in [1.807, 2.05) is 0 Å². The summed E-state index contributed by atoms with van der Waals surface area (Å²) < 4.78 is 5.53. The zero-order valence-electron chi connectivity index (χ0n) is 9.01. The molecule has 1 N–H and O–H groups in total. The van der Waals surface area contributed by atoms with Crippen molar-refractivity contribution in [2.45, 2.75) is 13.2 Å². The van der Waals surface area contributed by atoms with E-state index >= 15 is 0 Å². The van der Waals surface area contributed by atoms with Crippen molar-refractivity contribution in [1.82, 2.24) is 9.97 Å². The van der Waals surface area contributed by atoms with E-state index in [4.69, 9.17) is 16.3 Å². The van der Waals surface area contributed by atoms with E-state index in [9.17, 15) is 5.11 Å². The molecule has 0 bridgehead atoms. The molecule has 1 aromatic carbocycles. The smallest absolute Gasteiger partial charge is 0.166 e. The van der Waals surface area contributed by atoms with Gasteiger partial charge in [0.1, 0.15) is 12.4 Å². The maximum absolute atomic E-state index is 9.20. The summed E-state index contributed by atoms with van der Waals surface area (Å²) in [6.07, 6.45) is 3.30. The number of aliphatic hydroxyl groups is 1. The number of nitrogens with zero attached hydrogens (tertiary/aromatic N) is 2. The molecule has 2 rings (SSSR count). The normalized spacial score (nSPS) is 10.2. The molecule has 4 nitrogen and oxygen atoms in total. The van der Waals surface area contributed by atoms with E-state index in [2.05, 4.69) is 9.97 Å². The molecule has 0 aliphatic heterocycles. The highest BCUT2D eigenvalue weighted by molar-refractivity contribution is 6.31. The number of ether oxygens (including phenoxy) is 1. The van der Waals surface area contributed by atoms with Gasteiger partial charge in [0.2, 0.25) is 0 Å². The van der Waals surface area contributed by atoms with Gasteiger partial charge in [-0.15, -0.1) is 0 Å². The topological polar surface area (TPSA) is 55.2 Å². The number of hydrogen-bond acceptors (Lipinski definition) is 4. The summed E-state index contributed by atoms with van der Waals surface area (Å²) >= 11 is 5.94. The van der Waals surface area contributed by atoms with Crippen LogP contribution in [0.2, 0.25) is 5.02 Å². The van der Waals surface area contributed by atoms with Gasteiger partial charge in [-0.05, 0) is 18.2 Å². The molecule has 0 radical (unpaired) electrons. The first-order valence-electron chi connectivity index (χ1n) is 5.08. The van der Waals surface area contributed by atoms with Crippen molar-refractivity contribution in [1.29, 1.82) is 0 Å². The fourth-order valence-electron chi connectivity index (χ4n) is 1.37. The summed E-state index contributed by atoms with van der Waals surface area (Å²) in [7, 11) is 0. The molecule has 1 heterocycles. The molecule has 0 unspecified atom stereocenters. The van der Waals surface area contributed by atoms with Gasteiger partial charge in [-0.3, -0.25) is 0 Å². The largest absolute Gasteiger partial charge is 0.485 e. The Morgan fingerprint density at radius 3 is 2.65 bits per heavy atom. The lowest BCUT2D eigenvalue weighted by Gasteiger charge is -2.10. The minimum absolute atomic E-state index is 0.162. The summed E-state index contributed by atoms with van der Waals surface area (Å²) in [5, 5.41) is 9.69. The molecule has 0 amide bonds. The number of aromatic nitrogens is 2. The first-order chi connectivity index (χ1) is 8.31. The number of rotatable bonds is 4. The second kappa shape index (κ2) is 5.61. The molecule has 0 spiro atoms. The van der Waals surface area contributed by atoms with Gasteiger partial charge < -0.3 is 9.84 Å². The second-order valence-corrected chi connectivity index (χ2v) is 3.74. The number of hydrogen-bond donors (Lipinski definition) is 1. The number of halogens is 1. The molecule has 0 fully saturated rings. The Kier molecular flexibility index (Phi) is 3.90. The highest BCUT2D eigenvalue weighted by atomic mass is 35.5. The molecule has 0 saturated heterocycles. The molecule has 2 aromatic rings. The van der Waals surface area contributed by atoms with Crippen LogP contribution in [0.3, 0.4) is 0 Å². The van der Waals surface area contributed by atoms with E-state index in [1.165, 1.54) is 0 Å². The fourth-order valence-corrected chi connectivity index (χ4v) is 1.60. The van der Waals surface area contributed by atoms with Gasteiger partial charge in [-0.25, -0.2) is 9.97 Å². The lowest BCUT2D eigenvalue weighted by molar-refractivity contribution is 0.256. The van der Waals surface area contributed by atoms with Gasteiger partial charge >= 0.3 is 0 Å². The fraction of sp³-hybridized carbons (Fsp3) is 0.167. The monoisotopic (exact) mass is 250 g/mol. The lowest BCUT2D eigenvalue weighted by Crippen LogP contribution is -2.02. The van der Waals surface area contributed by atoms with Crippen LogP contribution in [0.4, 0.5) is 0 Å². The average molecular weight is 251 g/mol. The van der Waals surface area contributed by atoms with Crippen LogP contribution in [0, 0.1) is 0 Å². The predicted octanol–water partition coefficient (Wildman–Crippen LogP) is 2.20. The summed E-state index contributed by atoms with van der Waals surface area (Å²) in [6.45, 7) is 0.0822. The molecule has 5 heteroatoms. The quantitative estimate of drug-likeness (QED) is 0.904. The third kappa shape index (κ3) is 2.93. The molecule has 17 heavy (non-hydrogen) atoms. The Morgan fingerprint density at radius 2 is 1.94 bits per heavy atom. The zero-order chi connectivity index (χ0) is 12.1. The SMILES string of the molecule is OCc1c(Cl)cccc1OCc1ncccn1. The summed E-state index contributed by atoms with van der Waals surface area (Å²) in [4.78, 5) is 8.08. The third-order valence-electron chi connectivity index (χ3n) is 2.21. The molecular weight excluding hydrogens is 240 g/mol. The van der Waals surface area contributed by atoms with Gasteiger partial charge in [-0.2, -0.15) is 0 Å². The Balaban J connectivity index is 2.12. The van der Waals surface area contributed by atoms with Crippen LogP contribution in [0.1, 0.15) is 11.4 Å². The van der Waals surface area contributed by atoms with Gasteiger partial charge in [0.05, 0.1) is 6.61 Å². The number of benzene rings is 1. The van der Waals surface area contributed by atoms with Crippen molar-refractivity contribution >= 4 is 11.6 Å². The van der Waals surface area contributed by atoms with Crippen molar-refractivity contribution in [3.8, 4) is 5.75 Å². The van der Waals surface area contributed by atoms with Crippen molar-refractivity contribution in [3.05, 3.63) is 53.1 Å². The lowest BCUT2D eigenvalue weighted by atomic mass is 10.2. The molecular formula is C12H11ClN2O2. The first kappa shape index (κ1) is 11.8. The standard InChI is InChI=1S/C12H11ClN2O2/c13-10-3-1-4-11(9(10)7-16)17-8-12-14-5-2-6-15-12/h1-6,16H,7-8H2. The Bertz CT molecular complexity index is 491. The van der Waals surface area contributed by atoms with Crippen LogP contribution in [0.25, 0.3) is 0 Å². The Hall–Kier alpha value is -1.65. The second-order valence-electron chi connectivity index (χ2n) is 3.33. The first-order valence-corrected chi connectivity index (χ1v) is 5.46. The Morgan fingerprint density at radius 1 is 1.18 bits per heavy atom. The third-order valence-corrected chi connectivity index (χ3v) is 2.56. The minimum atomic E-state index is -0.162. The van der Waals surface area contributed by atoms with Crippen LogP contribution in [-0.4, -0.2) is 15.1 Å². The van der Waals surface area contributed by atoms with Crippen molar-refractivity contribution < 1.29 is 9.84 Å². The molecule has 0 saturated carbocycles. The zero-order valence-corrected chi connectivity index (χ0v) is 9.76. The molecule has 0 aliphatic rings. The van der Waals surface area contributed by atoms with Crippen LogP contribution >= 0.6 is 11.6 Å². The number of aliphatic hydroxyl groups excluding tert-OH is 1. The summed E-state index contributed by atoms with van der Waals surface area (Å²) in [5.41, 5.74) is 0.574. The summed E-state index contributed by atoms with van der Waals surface area (Å²) in [5.74, 6) is 1.13. The van der Waals surface area contributed by atoms with Gasteiger partial charge in [0.25, 0.3) is 0 Å². The molecule has 88 valence electrons. The molecule has 0 aliphatic carbocycles. The van der Waals surface area contributed by atoms with Crippen LogP contribution in [0.15, 0.2) is 36.7 Å². The molecule has 1 aromatic heterocycles. The highest BCUT2D eigenvalue weighted by Gasteiger charge is 2.07. The van der Waals surface area contributed by atoms with E-state index < -0.39 is 0 Å². The average Bonchev–Trinajstić information content (AvgIpc) is 2.37. The van der Waals surface area contributed by atoms with E-state index in [0.29, 0.717) is 22.2 Å². The molecule has 0 atom stereocenters. The van der Waals surface area contributed by atoms with Crippen molar-refractivity contribution in [2.24, 2.45) is 0 Å². The van der Waals surface area contributed by atoms with Crippen LogP contribution in [0.5, 0.6) is 5.75 Å². The van der Waals surface area contributed by atoms with Crippen LogP contribution in [-0.2, 0) is 13.2 Å². The predicted molar refractivity (Wildman–Crippen MR) is 63.7 cm³/mol. The van der Waals surface area contributed by atoms with Crippen LogP contribution < -0.4 is 4.74 Å². The van der Waals surface area contributed by atoms with Gasteiger partial charge in [0.15, 0.2) is 5.82 Å². The van der Waals surface area contributed by atoms with E-state index in [0.717, 1.165) is 0 Å². The van der Waals surface area contributed by atoms with E-state index in [1.54, 1.807) is 36.7 Å². The minimum Gasteiger partial charge on any atom is -0.485 e. The van der Waals surface area contributed by atoms with Crippen molar-refractivity contribution in [3.63, 3.8) is 0 Å². The Labute approximate surface area is 104 Å². The van der Waals surface area contributed by atoms with E-state index in [-0.39, 0.29) is 13.2 Å². The van der Waals surface area contributed by atoms with Gasteiger partial charge in [-0.1, -0.05) is 17.7 Å².